The minimum Gasteiger partial charge on any atom is -0.314 e. The Hall–Kier alpha value is -0.0900. The Bertz CT molecular complexity index is 261. The second-order valence-electron chi connectivity index (χ2n) is 4.33. The van der Waals surface area contributed by atoms with E-state index in [1.807, 2.05) is 0 Å². The van der Waals surface area contributed by atoms with Crippen molar-refractivity contribution in [2.24, 2.45) is 5.92 Å². The first kappa shape index (κ1) is 12.0. The minimum absolute atomic E-state index is 0.311. The molecule has 1 rings (SSSR count). The molecule has 4 heteroatoms. The summed E-state index contributed by atoms with van der Waals surface area (Å²) in [5, 5.41) is 3.40. The average Bonchev–Trinajstić information content (AvgIpc) is 2.77. The Morgan fingerprint density at radius 1 is 1.43 bits per heavy atom. The van der Waals surface area contributed by atoms with Gasteiger partial charge in [-0.1, -0.05) is 13.3 Å². The largest absolute Gasteiger partial charge is 0.314 e. The van der Waals surface area contributed by atoms with Gasteiger partial charge in [-0.25, -0.2) is 8.42 Å². The van der Waals surface area contributed by atoms with Crippen molar-refractivity contribution in [1.82, 2.24) is 5.32 Å². The van der Waals surface area contributed by atoms with Crippen LogP contribution in [-0.4, -0.2) is 33.0 Å². The van der Waals surface area contributed by atoms with Gasteiger partial charge in [0.15, 0.2) is 0 Å². The average molecular weight is 219 g/mol. The maximum absolute atomic E-state index is 10.8. The van der Waals surface area contributed by atoms with E-state index in [1.165, 1.54) is 25.5 Å². The van der Waals surface area contributed by atoms with Gasteiger partial charge in [-0.15, -0.1) is 0 Å². The number of hydrogen-bond donors (Lipinski definition) is 1. The quantitative estimate of drug-likeness (QED) is 0.654. The molecule has 1 saturated carbocycles. The van der Waals surface area contributed by atoms with Gasteiger partial charge in [0.25, 0.3) is 0 Å². The molecule has 84 valence electrons. The topological polar surface area (TPSA) is 46.2 Å². The highest BCUT2D eigenvalue weighted by atomic mass is 32.2. The van der Waals surface area contributed by atoms with Gasteiger partial charge in [-0.3, -0.25) is 0 Å². The molecule has 0 aliphatic heterocycles. The summed E-state index contributed by atoms with van der Waals surface area (Å²) in [4.78, 5) is 0. The lowest BCUT2D eigenvalue weighted by Crippen LogP contribution is -2.21. The molecule has 14 heavy (non-hydrogen) atoms. The van der Waals surface area contributed by atoms with Crippen molar-refractivity contribution in [2.75, 3.05) is 18.6 Å². The van der Waals surface area contributed by atoms with Crippen LogP contribution >= 0.6 is 0 Å². The standard InChI is InChI=1S/C10H21NO2S/c1-3-5-9-8-10(9)11-6-4-7-14(2,12)13/h9-11H,3-8H2,1-2H3. The Balaban J connectivity index is 1.96. The molecule has 1 aliphatic carbocycles. The van der Waals surface area contributed by atoms with Crippen molar-refractivity contribution in [1.29, 1.82) is 0 Å². The molecule has 1 aliphatic rings. The summed E-state index contributed by atoms with van der Waals surface area (Å²) in [6, 6.07) is 0.675. The molecule has 0 radical (unpaired) electrons. The highest BCUT2D eigenvalue weighted by Gasteiger charge is 2.34. The first-order valence-corrected chi connectivity index (χ1v) is 7.50. The zero-order valence-electron chi connectivity index (χ0n) is 9.12. The fraction of sp³-hybridized carbons (Fsp3) is 1.00. The van der Waals surface area contributed by atoms with Crippen molar-refractivity contribution < 1.29 is 8.42 Å². The van der Waals surface area contributed by atoms with E-state index in [4.69, 9.17) is 0 Å². The maximum Gasteiger partial charge on any atom is 0.147 e. The van der Waals surface area contributed by atoms with Crippen molar-refractivity contribution in [3.63, 3.8) is 0 Å². The van der Waals surface area contributed by atoms with E-state index in [2.05, 4.69) is 12.2 Å². The summed E-state index contributed by atoms with van der Waals surface area (Å²) in [6.07, 6.45) is 5.89. The second-order valence-corrected chi connectivity index (χ2v) is 6.59. The van der Waals surface area contributed by atoms with Gasteiger partial charge in [0.1, 0.15) is 9.84 Å². The molecule has 0 bridgehead atoms. The molecule has 3 nitrogen and oxygen atoms in total. The van der Waals surface area contributed by atoms with Crippen LogP contribution in [0.3, 0.4) is 0 Å². The normalized spacial score (nSPS) is 26.4. The second kappa shape index (κ2) is 5.12. The van der Waals surface area contributed by atoms with Crippen LogP contribution in [0.5, 0.6) is 0 Å². The predicted molar refractivity (Wildman–Crippen MR) is 59.1 cm³/mol. The van der Waals surface area contributed by atoms with Gasteiger partial charge in [0, 0.05) is 12.3 Å². The van der Waals surface area contributed by atoms with Crippen molar-refractivity contribution in [2.45, 2.75) is 38.6 Å². The smallest absolute Gasteiger partial charge is 0.147 e. The third kappa shape index (κ3) is 4.96. The summed E-state index contributed by atoms with van der Waals surface area (Å²) in [5.41, 5.74) is 0. The number of nitrogens with one attached hydrogen (secondary N) is 1. The minimum atomic E-state index is -2.77. The van der Waals surface area contributed by atoms with Crippen LogP contribution in [0.1, 0.15) is 32.6 Å². The molecular weight excluding hydrogens is 198 g/mol. The molecule has 0 aromatic rings. The van der Waals surface area contributed by atoms with Crippen LogP contribution in [0.25, 0.3) is 0 Å². The number of sulfone groups is 1. The summed E-state index contributed by atoms with van der Waals surface area (Å²) in [5.74, 6) is 1.17. The lowest BCUT2D eigenvalue weighted by atomic mass is 10.2. The molecule has 1 fully saturated rings. The molecule has 0 aromatic heterocycles. The first-order chi connectivity index (χ1) is 6.53. The predicted octanol–water partition coefficient (Wildman–Crippen LogP) is 1.20. The fourth-order valence-corrected chi connectivity index (χ4v) is 2.48. The monoisotopic (exact) mass is 219 g/mol. The SMILES string of the molecule is CCCC1CC1NCCCS(C)(=O)=O. The van der Waals surface area contributed by atoms with Gasteiger partial charge in [-0.2, -0.15) is 0 Å². The summed E-state index contributed by atoms with van der Waals surface area (Å²) in [7, 11) is -2.77. The van der Waals surface area contributed by atoms with Gasteiger partial charge in [0.05, 0.1) is 5.75 Å². The first-order valence-electron chi connectivity index (χ1n) is 5.44. The van der Waals surface area contributed by atoms with Crippen molar-refractivity contribution in [3.05, 3.63) is 0 Å². The van der Waals surface area contributed by atoms with Crippen LogP contribution in [0, 0.1) is 5.92 Å². The van der Waals surface area contributed by atoms with Crippen LogP contribution in [0.15, 0.2) is 0 Å². The molecule has 2 atom stereocenters. The third-order valence-electron chi connectivity index (χ3n) is 2.68. The van der Waals surface area contributed by atoms with E-state index in [9.17, 15) is 8.42 Å². The molecule has 0 saturated heterocycles. The summed E-state index contributed by atoms with van der Waals surface area (Å²) >= 11 is 0. The Labute approximate surface area is 87.2 Å². The summed E-state index contributed by atoms with van der Waals surface area (Å²) < 4.78 is 21.7. The molecule has 0 aromatic carbocycles. The zero-order chi connectivity index (χ0) is 10.6. The van der Waals surface area contributed by atoms with Crippen LogP contribution < -0.4 is 5.32 Å². The van der Waals surface area contributed by atoms with E-state index in [0.29, 0.717) is 11.8 Å². The zero-order valence-corrected chi connectivity index (χ0v) is 9.94. The molecule has 0 spiro atoms. The molecular formula is C10H21NO2S. The summed E-state index contributed by atoms with van der Waals surface area (Å²) in [6.45, 7) is 3.05. The third-order valence-corrected chi connectivity index (χ3v) is 3.71. The van der Waals surface area contributed by atoms with E-state index < -0.39 is 9.84 Å². The van der Waals surface area contributed by atoms with Crippen molar-refractivity contribution >= 4 is 9.84 Å². The van der Waals surface area contributed by atoms with Gasteiger partial charge in [0.2, 0.25) is 0 Å². The number of rotatable bonds is 7. The van der Waals surface area contributed by atoms with Crippen LogP contribution in [-0.2, 0) is 9.84 Å². The molecule has 0 amide bonds. The van der Waals surface area contributed by atoms with Gasteiger partial charge >= 0.3 is 0 Å². The van der Waals surface area contributed by atoms with E-state index >= 15 is 0 Å². The highest BCUT2D eigenvalue weighted by Crippen LogP contribution is 2.34. The van der Waals surface area contributed by atoms with Gasteiger partial charge in [-0.05, 0) is 31.7 Å². The maximum atomic E-state index is 10.8. The lowest BCUT2D eigenvalue weighted by molar-refractivity contribution is 0.580. The Kier molecular flexibility index (Phi) is 4.38. The van der Waals surface area contributed by atoms with E-state index in [0.717, 1.165) is 18.9 Å². The Morgan fingerprint density at radius 3 is 2.71 bits per heavy atom. The highest BCUT2D eigenvalue weighted by molar-refractivity contribution is 7.90. The molecule has 1 N–H and O–H groups in total. The van der Waals surface area contributed by atoms with E-state index in [1.54, 1.807) is 0 Å². The Morgan fingerprint density at radius 2 is 2.14 bits per heavy atom. The molecule has 0 heterocycles. The number of hydrogen-bond acceptors (Lipinski definition) is 3. The van der Waals surface area contributed by atoms with Gasteiger partial charge < -0.3 is 5.32 Å². The van der Waals surface area contributed by atoms with Crippen molar-refractivity contribution in [3.8, 4) is 0 Å². The molecule has 2 unspecified atom stereocenters. The lowest BCUT2D eigenvalue weighted by Gasteiger charge is -2.02. The fourth-order valence-electron chi connectivity index (χ4n) is 1.81. The van der Waals surface area contributed by atoms with E-state index in [-0.39, 0.29) is 0 Å². The van der Waals surface area contributed by atoms with Crippen LogP contribution in [0.2, 0.25) is 0 Å². The van der Waals surface area contributed by atoms with Crippen LogP contribution in [0.4, 0.5) is 0 Å².